The molecular weight excluding hydrogens is 517 g/mol. The van der Waals surface area contributed by atoms with Crippen LogP contribution in [0.2, 0.25) is 10.0 Å². The van der Waals surface area contributed by atoms with Crippen LogP contribution in [0.1, 0.15) is 20.7 Å². The molecule has 2 aromatic carbocycles. The molecule has 11 nitrogen and oxygen atoms in total. The number of ether oxygens (including phenoxy) is 3. The van der Waals surface area contributed by atoms with Crippen LogP contribution in [0.15, 0.2) is 60.7 Å². The SMILES string of the molecule is COc1ccc(NC(=O)[C@@H](OC(=O)c2ccccc2Cl)[C@@H](OC(=O)c2ccccc2Cl)C(=O)O)nn1. The summed E-state index contributed by atoms with van der Waals surface area (Å²) >= 11 is 12.0. The number of halogens is 2. The number of aromatic nitrogens is 2. The Labute approximate surface area is 213 Å². The first-order valence-electron chi connectivity index (χ1n) is 10.0. The van der Waals surface area contributed by atoms with Crippen LogP contribution in [0.25, 0.3) is 0 Å². The minimum atomic E-state index is -2.27. The smallest absolute Gasteiger partial charge is 0.349 e. The van der Waals surface area contributed by atoms with E-state index in [1.807, 2.05) is 0 Å². The largest absolute Gasteiger partial charge is 0.480 e. The molecule has 1 heterocycles. The monoisotopic (exact) mass is 533 g/mol. The Morgan fingerprint density at radius 2 is 1.33 bits per heavy atom. The summed E-state index contributed by atoms with van der Waals surface area (Å²) in [7, 11) is 1.36. The van der Waals surface area contributed by atoms with Crippen molar-refractivity contribution < 1.29 is 38.5 Å². The van der Waals surface area contributed by atoms with E-state index >= 15 is 0 Å². The lowest BCUT2D eigenvalue weighted by Crippen LogP contribution is -2.48. The molecular formula is C23H17Cl2N3O8. The highest BCUT2D eigenvalue weighted by molar-refractivity contribution is 6.34. The molecule has 0 saturated carbocycles. The van der Waals surface area contributed by atoms with Crippen molar-refractivity contribution in [2.45, 2.75) is 12.2 Å². The maximum atomic E-state index is 13.0. The highest BCUT2D eigenvalue weighted by Gasteiger charge is 2.41. The number of anilines is 1. The Balaban J connectivity index is 1.93. The summed E-state index contributed by atoms with van der Waals surface area (Å²) in [6.45, 7) is 0. The molecule has 0 fully saturated rings. The molecule has 0 spiro atoms. The first kappa shape index (κ1) is 26.4. The van der Waals surface area contributed by atoms with Gasteiger partial charge in [-0.15, -0.1) is 10.2 Å². The molecule has 0 aliphatic rings. The van der Waals surface area contributed by atoms with Crippen molar-refractivity contribution in [1.82, 2.24) is 10.2 Å². The number of carboxylic acids is 1. The lowest BCUT2D eigenvalue weighted by Gasteiger charge is -2.23. The Morgan fingerprint density at radius 1 is 0.806 bits per heavy atom. The Kier molecular flexibility index (Phi) is 8.76. The van der Waals surface area contributed by atoms with Gasteiger partial charge in [0.05, 0.1) is 28.3 Å². The highest BCUT2D eigenvalue weighted by Crippen LogP contribution is 2.21. The van der Waals surface area contributed by atoms with Gasteiger partial charge in [0.25, 0.3) is 5.91 Å². The number of methoxy groups -OCH3 is 1. The molecule has 0 bridgehead atoms. The molecule has 3 aromatic rings. The molecule has 0 aliphatic heterocycles. The van der Waals surface area contributed by atoms with E-state index < -0.39 is 36.0 Å². The number of carbonyl (C=O) groups excluding carboxylic acids is 3. The van der Waals surface area contributed by atoms with Crippen LogP contribution < -0.4 is 10.1 Å². The summed E-state index contributed by atoms with van der Waals surface area (Å²) in [6.07, 6.45) is -4.44. The van der Waals surface area contributed by atoms with Crippen molar-refractivity contribution in [2.24, 2.45) is 0 Å². The highest BCUT2D eigenvalue weighted by atomic mass is 35.5. The van der Waals surface area contributed by atoms with E-state index in [9.17, 15) is 24.3 Å². The fraction of sp³-hybridized carbons (Fsp3) is 0.130. The summed E-state index contributed by atoms with van der Waals surface area (Å²) in [6, 6.07) is 14.1. The van der Waals surface area contributed by atoms with Gasteiger partial charge in [-0.05, 0) is 30.3 Å². The third kappa shape index (κ3) is 6.46. The standard InChI is InChI=1S/C23H17Cl2N3O8/c1-34-17-11-10-16(27-28-17)26-20(29)18(35-22(32)12-6-2-4-8-14(12)24)19(21(30)31)36-23(33)13-7-3-5-9-15(13)25/h2-11,18-19H,1H3,(H,30,31)(H,26,27,29)/t18-,19+/m0/s1. The lowest BCUT2D eigenvalue weighted by atomic mass is 10.1. The number of nitrogens with one attached hydrogen (secondary N) is 1. The number of rotatable bonds is 9. The molecule has 186 valence electrons. The molecule has 0 aliphatic carbocycles. The predicted molar refractivity (Wildman–Crippen MR) is 126 cm³/mol. The maximum Gasteiger partial charge on any atom is 0.349 e. The van der Waals surface area contributed by atoms with Gasteiger partial charge in [-0.3, -0.25) is 4.79 Å². The zero-order valence-electron chi connectivity index (χ0n) is 18.4. The quantitative estimate of drug-likeness (QED) is 0.391. The second-order valence-corrected chi connectivity index (χ2v) is 7.71. The topological polar surface area (TPSA) is 154 Å². The van der Waals surface area contributed by atoms with Gasteiger partial charge >= 0.3 is 17.9 Å². The number of nitrogens with zero attached hydrogens (tertiary/aromatic N) is 2. The fourth-order valence-electron chi connectivity index (χ4n) is 2.80. The fourth-order valence-corrected chi connectivity index (χ4v) is 3.22. The Bertz CT molecular complexity index is 1290. The van der Waals surface area contributed by atoms with E-state index in [2.05, 4.69) is 15.5 Å². The molecule has 13 heteroatoms. The summed E-state index contributed by atoms with van der Waals surface area (Å²) < 4.78 is 15.1. The second-order valence-electron chi connectivity index (χ2n) is 6.90. The lowest BCUT2D eigenvalue weighted by molar-refractivity contribution is -0.157. The predicted octanol–water partition coefficient (Wildman–Crippen LogP) is 3.27. The van der Waals surface area contributed by atoms with Gasteiger partial charge in [-0.2, -0.15) is 0 Å². The molecule has 0 radical (unpaired) electrons. The number of hydrogen-bond acceptors (Lipinski definition) is 9. The molecule has 0 saturated heterocycles. The number of esters is 2. The second kappa shape index (κ2) is 12.0. The number of amides is 1. The molecule has 1 amide bonds. The van der Waals surface area contributed by atoms with E-state index in [4.69, 9.17) is 37.4 Å². The normalized spacial score (nSPS) is 12.1. The van der Waals surface area contributed by atoms with E-state index in [-0.39, 0.29) is 32.9 Å². The maximum absolute atomic E-state index is 13.0. The Hall–Kier alpha value is -4.22. The third-order valence-electron chi connectivity index (χ3n) is 4.53. The number of carboxylic acid groups (broad SMARTS) is 1. The zero-order chi connectivity index (χ0) is 26.2. The average Bonchev–Trinajstić information content (AvgIpc) is 2.86. The molecule has 1 aromatic heterocycles. The summed E-state index contributed by atoms with van der Waals surface area (Å²) in [5.41, 5.74) is -0.314. The van der Waals surface area contributed by atoms with E-state index in [0.717, 1.165) is 0 Å². The van der Waals surface area contributed by atoms with Gasteiger partial charge in [0.15, 0.2) is 5.82 Å². The molecule has 2 atom stereocenters. The number of benzene rings is 2. The summed E-state index contributed by atoms with van der Waals surface area (Å²) in [5.74, 6) is -5.23. The van der Waals surface area contributed by atoms with Crippen LogP contribution in [0.4, 0.5) is 5.82 Å². The minimum Gasteiger partial charge on any atom is -0.480 e. The van der Waals surface area contributed by atoms with E-state index in [0.29, 0.717) is 0 Å². The number of aliphatic carboxylic acids is 1. The first-order chi connectivity index (χ1) is 17.2. The number of hydrogen-bond donors (Lipinski definition) is 2. The van der Waals surface area contributed by atoms with Gasteiger partial charge in [0.1, 0.15) is 0 Å². The van der Waals surface area contributed by atoms with Crippen molar-refractivity contribution in [3.05, 3.63) is 81.8 Å². The van der Waals surface area contributed by atoms with Gasteiger partial charge in [0, 0.05) is 6.07 Å². The van der Waals surface area contributed by atoms with Crippen molar-refractivity contribution in [3.63, 3.8) is 0 Å². The van der Waals surface area contributed by atoms with Crippen molar-refractivity contribution >= 4 is 52.8 Å². The van der Waals surface area contributed by atoms with Gasteiger partial charge in [0.2, 0.25) is 18.1 Å². The van der Waals surface area contributed by atoms with E-state index in [1.54, 1.807) is 12.1 Å². The zero-order valence-corrected chi connectivity index (χ0v) is 19.9. The van der Waals surface area contributed by atoms with Gasteiger partial charge in [-0.25, -0.2) is 14.4 Å². The minimum absolute atomic E-state index is 0.0115. The van der Waals surface area contributed by atoms with Crippen LogP contribution in [0, 0.1) is 0 Å². The van der Waals surface area contributed by atoms with Crippen molar-refractivity contribution in [1.29, 1.82) is 0 Å². The summed E-state index contributed by atoms with van der Waals surface area (Å²) in [5, 5.41) is 19.4. The van der Waals surface area contributed by atoms with Crippen molar-refractivity contribution in [2.75, 3.05) is 12.4 Å². The van der Waals surface area contributed by atoms with Crippen LogP contribution in [-0.4, -0.2) is 58.4 Å². The molecule has 2 N–H and O–H groups in total. The molecule has 36 heavy (non-hydrogen) atoms. The van der Waals surface area contributed by atoms with Crippen LogP contribution in [0.3, 0.4) is 0 Å². The molecule has 0 unspecified atom stereocenters. The van der Waals surface area contributed by atoms with Crippen molar-refractivity contribution in [3.8, 4) is 5.88 Å². The van der Waals surface area contributed by atoms with Gasteiger partial charge in [-0.1, -0.05) is 47.5 Å². The van der Waals surface area contributed by atoms with Crippen LogP contribution in [-0.2, 0) is 19.1 Å². The van der Waals surface area contributed by atoms with Crippen LogP contribution in [0.5, 0.6) is 5.88 Å². The Morgan fingerprint density at radius 3 is 1.78 bits per heavy atom. The number of carbonyl (C=O) groups is 4. The summed E-state index contributed by atoms with van der Waals surface area (Å²) in [4.78, 5) is 50.5. The third-order valence-corrected chi connectivity index (χ3v) is 5.19. The molecule has 3 rings (SSSR count). The first-order valence-corrected chi connectivity index (χ1v) is 10.8. The van der Waals surface area contributed by atoms with E-state index in [1.165, 1.54) is 55.6 Å². The average molecular weight is 534 g/mol. The van der Waals surface area contributed by atoms with Crippen LogP contribution >= 0.6 is 23.2 Å². The van der Waals surface area contributed by atoms with Gasteiger partial charge < -0.3 is 24.6 Å².